The molecule has 0 saturated carbocycles. The second-order valence-electron chi connectivity index (χ2n) is 5.01. The zero-order valence-electron chi connectivity index (χ0n) is 12.3. The molecular weight excluding hydrogens is 336 g/mol. The van der Waals surface area contributed by atoms with Crippen LogP contribution in [0.15, 0.2) is 40.9 Å². The van der Waals surface area contributed by atoms with Gasteiger partial charge in [-0.2, -0.15) is 9.40 Å². The van der Waals surface area contributed by atoms with Crippen LogP contribution in [-0.4, -0.2) is 59.9 Å². The molecule has 1 aliphatic rings. The number of rotatable bonds is 4. The highest BCUT2D eigenvalue weighted by Gasteiger charge is 2.30. The smallest absolute Gasteiger partial charge is 0.246 e. The van der Waals surface area contributed by atoms with Crippen molar-refractivity contribution in [1.29, 1.82) is 0 Å². The van der Waals surface area contributed by atoms with Crippen molar-refractivity contribution in [2.75, 3.05) is 26.2 Å². The number of aromatic nitrogens is 2. The molecule has 3 rings (SSSR count). The van der Waals surface area contributed by atoms with Gasteiger partial charge in [0.2, 0.25) is 15.9 Å². The van der Waals surface area contributed by atoms with Crippen molar-refractivity contribution in [3.05, 3.63) is 40.9 Å². The van der Waals surface area contributed by atoms with E-state index in [1.165, 1.54) is 22.8 Å². The summed E-state index contributed by atoms with van der Waals surface area (Å²) in [4.78, 5) is 15.0. The molecule has 0 atom stereocenters. The second kappa shape index (κ2) is 6.65. The first kappa shape index (κ1) is 15.9. The lowest BCUT2D eigenvalue weighted by atomic mass is 10.3. The van der Waals surface area contributed by atoms with Crippen molar-refractivity contribution in [2.45, 2.75) is 4.90 Å². The van der Waals surface area contributed by atoms with E-state index in [4.69, 9.17) is 0 Å². The van der Waals surface area contributed by atoms with Crippen molar-refractivity contribution >= 4 is 33.3 Å². The zero-order chi connectivity index (χ0) is 16.3. The fourth-order valence-electron chi connectivity index (χ4n) is 2.32. The molecule has 0 bridgehead atoms. The van der Waals surface area contributed by atoms with Crippen LogP contribution in [0.2, 0.25) is 0 Å². The van der Waals surface area contributed by atoms with Crippen LogP contribution in [0, 0.1) is 0 Å². The Labute approximate surface area is 138 Å². The number of aromatic amines is 1. The van der Waals surface area contributed by atoms with Gasteiger partial charge in [0.05, 0.1) is 6.20 Å². The van der Waals surface area contributed by atoms with Crippen molar-refractivity contribution in [1.82, 2.24) is 19.4 Å². The fourth-order valence-corrected chi connectivity index (χ4v) is 4.27. The monoisotopic (exact) mass is 352 g/mol. The lowest BCUT2D eigenvalue weighted by molar-refractivity contribution is -0.127. The highest BCUT2D eigenvalue weighted by Crippen LogP contribution is 2.16. The molecule has 23 heavy (non-hydrogen) atoms. The summed E-state index contributed by atoms with van der Waals surface area (Å²) in [6.07, 6.45) is 5.96. The summed E-state index contributed by atoms with van der Waals surface area (Å²) in [5.74, 6) is -0.0984. The summed E-state index contributed by atoms with van der Waals surface area (Å²) in [6.45, 7) is 1.33. The normalized spacial score (nSPS) is 17.0. The molecule has 1 aliphatic heterocycles. The van der Waals surface area contributed by atoms with Gasteiger partial charge in [0.25, 0.3) is 0 Å². The number of sulfonamides is 1. The van der Waals surface area contributed by atoms with E-state index in [0.29, 0.717) is 13.1 Å². The third kappa shape index (κ3) is 3.52. The summed E-state index contributed by atoms with van der Waals surface area (Å²) in [7, 11) is -3.53. The Morgan fingerprint density at radius 1 is 1.30 bits per heavy atom. The molecular formula is C14H16N4O3S2. The molecule has 7 nitrogen and oxygen atoms in total. The maximum Gasteiger partial charge on any atom is 0.246 e. The van der Waals surface area contributed by atoms with Gasteiger partial charge in [-0.3, -0.25) is 9.89 Å². The Hall–Kier alpha value is -1.97. The van der Waals surface area contributed by atoms with Crippen molar-refractivity contribution in [3.8, 4) is 0 Å². The van der Waals surface area contributed by atoms with E-state index in [1.807, 2.05) is 17.5 Å². The van der Waals surface area contributed by atoms with E-state index >= 15 is 0 Å². The number of carbonyl (C=O) groups excluding carboxylic acids is 1. The van der Waals surface area contributed by atoms with Crippen LogP contribution in [0.4, 0.5) is 0 Å². The number of nitrogens with zero attached hydrogens (tertiary/aromatic N) is 3. The van der Waals surface area contributed by atoms with E-state index in [2.05, 4.69) is 10.2 Å². The van der Waals surface area contributed by atoms with Gasteiger partial charge in [-0.15, -0.1) is 11.3 Å². The standard InChI is InChI=1S/C14H16N4O3S2/c19-14(4-3-12-2-1-9-22-12)17-5-7-18(8-6-17)23(20,21)13-10-15-16-11-13/h1-4,9-11H,5-8H2,(H,15,16). The molecule has 2 aromatic rings. The largest absolute Gasteiger partial charge is 0.337 e. The van der Waals surface area contributed by atoms with Gasteiger partial charge < -0.3 is 4.90 Å². The molecule has 1 N–H and O–H groups in total. The van der Waals surface area contributed by atoms with Crippen LogP contribution in [0.25, 0.3) is 6.08 Å². The Balaban J connectivity index is 1.59. The third-order valence-electron chi connectivity index (χ3n) is 3.59. The topological polar surface area (TPSA) is 86.4 Å². The average Bonchev–Trinajstić information content (AvgIpc) is 3.26. The Morgan fingerprint density at radius 3 is 2.70 bits per heavy atom. The quantitative estimate of drug-likeness (QED) is 0.833. The Morgan fingerprint density at radius 2 is 2.09 bits per heavy atom. The summed E-state index contributed by atoms with van der Waals surface area (Å²) in [5.41, 5.74) is 0. The molecule has 0 aliphatic carbocycles. The average molecular weight is 352 g/mol. The summed E-state index contributed by atoms with van der Waals surface area (Å²) in [6, 6.07) is 3.86. The molecule has 2 aromatic heterocycles. The number of hydrogen-bond donors (Lipinski definition) is 1. The van der Waals surface area contributed by atoms with Crippen molar-refractivity contribution in [3.63, 3.8) is 0 Å². The number of nitrogens with one attached hydrogen (secondary N) is 1. The highest BCUT2D eigenvalue weighted by atomic mass is 32.2. The van der Waals surface area contributed by atoms with Crippen LogP contribution in [-0.2, 0) is 14.8 Å². The lowest BCUT2D eigenvalue weighted by Crippen LogP contribution is -2.50. The van der Waals surface area contributed by atoms with Crippen molar-refractivity contribution in [2.24, 2.45) is 0 Å². The van der Waals surface area contributed by atoms with E-state index in [1.54, 1.807) is 22.3 Å². The van der Waals surface area contributed by atoms with Gasteiger partial charge in [-0.05, 0) is 17.5 Å². The minimum atomic E-state index is -3.53. The van der Waals surface area contributed by atoms with Gasteiger partial charge in [0.1, 0.15) is 4.90 Å². The number of carbonyl (C=O) groups is 1. The van der Waals surface area contributed by atoms with Gasteiger partial charge in [0.15, 0.2) is 0 Å². The number of piperazine rings is 1. The molecule has 0 spiro atoms. The molecule has 0 radical (unpaired) electrons. The van der Waals surface area contributed by atoms with E-state index < -0.39 is 10.0 Å². The maximum atomic E-state index is 12.4. The zero-order valence-corrected chi connectivity index (χ0v) is 13.9. The number of hydrogen-bond acceptors (Lipinski definition) is 5. The summed E-state index contributed by atoms with van der Waals surface area (Å²) >= 11 is 1.56. The fraction of sp³-hybridized carbons (Fsp3) is 0.286. The molecule has 1 fully saturated rings. The minimum Gasteiger partial charge on any atom is -0.337 e. The number of H-pyrrole nitrogens is 1. The van der Waals surface area contributed by atoms with Crippen LogP contribution < -0.4 is 0 Å². The van der Waals surface area contributed by atoms with Crippen LogP contribution in [0.3, 0.4) is 0 Å². The molecule has 9 heteroatoms. The van der Waals surface area contributed by atoms with Crippen LogP contribution in [0.5, 0.6) is 0 Å². The first-order valence-electron chi connectivity index (χ1n) is 7.07. The highest BCUT2D eigenvalue weighted by molar-refractivity contribution is 7.89. The molecule has 1 saturated heterocycles. The van der Waals surface area contributed by atoms with Gasteiger partial charge in [-0.25, -0.2) is 8.42 Å². The van der Waals surface area contributed by atoms with E-state index in [9.17, 15) is 13.2 Å². The van der Waals surface area contributed by atoms with Gasteiger partial charge in [-0.1, -0.05) is 6.07 Å². The van der Waals surface area contributed by atoms with Gasteiger partial charge >= 0.3 is 0 Å². The Bertz CT molecular complexity index is 774. The molecule has 1 amide bonds. The molecule has 3 heterocycles. The summed E-state index contributed by atoms with van der Waals surface area (Å²) in [5, 5.41) is 8.12. The second-order valence-corrected chi connectivity index (χ2v) is 7.93. The molecule has 122 valence electrons. The van der Waals surface area contributed by atoms with E-state index in [0.717, 1.165) is 4.88 Å². The van der Waals surface area contributed by atoms with Crippen LogP contribution >= 0.6 is 11.3 Å². The van der Waals surface area contributed by atoms with Crippen LogP contribution in [0.1, 0.15) is 4.88 Å². The predicted molar refractivity (Wildman–Crippen MR) is 87.3 cm³/mol. The van der Waals surface area contributed by atoms with Gasteiger partial charge in [0, 0.05) is 43.3 Å². The maximum absolute atomic E-state index is 12.4. The third-order valence-corrected chi connectivity index (χ3v) is 6.30. The van der Waals surface area contributed by atoms with Crippen molar-refractivity contribution < 1.29 is 13.2 Å². The first-order chi connectivity index (χ1) is 11.1. The Kier molecular flexibility index (Phi) is 4.60. The SMILES string of the molecule is O=C(C=Cc1cccs1)N1CCN(S(=O)(=O)c2cn[nH]c2)CC1. The molecule has 0 aromatic carbocycles. The lowest BCUT2D eigenvalue weighted by Gasteiger charge is -2.33. The van der Waals surface area contributed by atoms with E-state index in [-0.39, 0.29) is 23.9 Å². The number of amides is 1. The minimum absolute atomic E-state index is 0.0984. The first-order valence-corrected chi connectivity index (χ1v) is 9.39. The molecule has 0 unspecified atom stereocenters. The predicted octanol–water partition coefficient (Wildman–Crippen LogP) is 1.02. The number of thiophene rings is 1. The summed E-state index contributed by atoms with van der Waals surface area (Å²) < 4.78 is 26.1.